The molecule has 0 unspecified atom stereocenters. The van der Waals surface area contributed by atoms with Crippen LogP contribution in [-0.4, -0.2) is 23.5 Å². The van der Waals surface area contributed by atoms with Gasteiger partial charge >= 0.3 is 5.97 Å². The maximum Gasteiger partial charge on any atom is 0.335 e. The SMILES string of the molecule is O=C(Cc1ccccc1C(=O)O)NCC1(c2ccccc2)CCCC1. The van der Waals surface area contributed by atoms with Crippen molar-refractivity contribution in [3.63, 3.8) is 0 Å². The summed E-state index contributed by atoms with van der Waals surface area (Å²) >= 11 is 0. The first-order valence-electron chi connectivity index (χ1n) is 8.74. The molecule has 0 aromatic heterocycles. The van der Waals surface area contributed by atoms with E-state index in [-0.39, 0.29) is 23.3 Å². The Hall–Kier alpha value is -2.62. The second-order valence-corrected chi connectivity index (χ2v) is 6.77. The fourth-order valence-corrected chi connectivity index (χ4v) is 3.80. The Morgan fingerprint density at radius 3 is 2.28 bits per heavy atom. The molecule has 4 nitrogen and oxygen atoms in total. The first-order chi connectivity index (χ1) is 12.1. The molecule has 0 bridgehead atoms. The number of carboxylic acid groups (broad SMARTS) is 1. The number of carbonyl (C=O) groups excluding carboxylic acids is 1. The van der Waals surface area contributed by atoms with E-state index in [4.69, 9.17) is 0 Å². The van der Waals surface area contributed by atoms with Gasteiger partial charge in [0.1, 0.15) is 0 Å². The molecule has 4 heteroatoms. The Morgan fingerprint density at radius 1 is 0.960 bits per heavy atom. The largest absolute Gasteiger partial charge is 0.478 e. The first-order valence-corrected chi connectivity index (χ1v) is 8.74. The van der Waals surface area contributed by atoms with Gasteiger partial charge in [-0.05, 0) is 30.0 Å². The van der Waals surface area contributed by atoms with Crippen LogP contribution in [0.15, 0.2) is 54.6 Å². The van der Waals surface area contributed by atoms with Crippen molar-refractivity contribution in [3.8, 4) is 0 Å². The normalized spacial score (nSPS) is 15.7. The van der Waals surface area contributed by atoms with Crippen LogP contribution in [0.1, 0.15) is 47.2 Å². The highest BCUT2D eigenvalue weighted by Crippen LogP contribution is 2.40. The van der Waals surface area contributed by atoms with E-state index in [1.807, 2.05) is 18.2 Å². The Morgan fingerprint density at radius 2 is 1.60 bits per heavy atom. The van der Waals surface area contributed by atoms with E-state index in [0.29, 0.717) is 12.1 Å². The molecule has 1 amide bonds. The van der Waals surface area contributed by atoms with E-state index in [2.05, 4.69) is 17.4 Å². The van der Waals surface area contributed by atoms with E-state index in [0.717, 1.165) is 12.8 Å². The van der Waals surface area contributed by atoms with Crippen LogP contribution in [0.25, 0.3) is 0 Å². The average Bonchev–Trinajstić information content (AvgIpc) is 3.11. The minimum Gasteiger partial charge on any atom is -0.478 e. The topological polar surface area (TPSA) is 66.4 Å². The highest BCUT2D eigenvalue weighted by atomic mass is 16.4. The number of benzene rings is 2. The summed E-state index contributed by atoms with van der Waals surface area (Å²) in [6, 6.07) is 17.0. The van der Waals surface area contributed by atoms with E-state index < -0.39 is 5.97 Å². The van der Waals surface area contributed by atoms with Gasteiger partial charge < -0.3 is 10.4 Å². The Labute approximate surface area is 147 Å². The zero-order valence-corrected chi connectivity index (χ0v) is 14.2. The Balaban J connectivity index is 1.68. The predicted octanol–water partition coefficient (Wildman–Crippen LogP) is 3.56. The van der Waals surface area contributed by atoms with Crippen molar-refractivity contribution in [1.29, 1.82) is 0 Å². The summed E-state index contributed by atoms with van der Waals surface area (Å²) < 4.78 is 0. The van der Waals surface area contributed by atoms with Crippen LogP contribution < -0.4 is 5.32 Å². The van der Waals surface area contributed by atoms with Gasteiger partial charge in [0.2, 0.25) is 5.91 Å². The van der Waals surface area contributed by atoms with Crippen LogP contribution in [0, 0.1) is 0 Å². The van der Waals surface area contributed by atoms with Gasteiger partial charge in [0.05, 0.1) is 12.0 Å². The number of rotatable bonds is 6. The number of hydrogen-bond donors (Lipinski definition) is 2. The second kappa shape index (κ2) is 7.51. The zero-order valence-electron chi connectivity index (χ0n) is 14.2. The van der Waals surface area contributed by atoms with Gasteiger partial charge in [-0.1, -0.05) is 61.4 Å². The summed E-state index contributed by atoms with van der Waals surface area (Å²) in [6.07, 6.45) is 4.58. The fraction of sp³-hybridized carbons (Fsp3) is 0.333. The molecule has 0 spiro atoms. The van der Waals surface area contributed by atoms with Crippen molar-refractivity contribution in [2.75, 3.05) is 6.54 Å². The lowest BCUT2D eigenvalue weighted by atomic mass is 9.79. The van der Waals surface area contributed by atoms with Crippen molar-refractivity contribution in [1.82, 2.24) is 5.32 Å². The minimum atomic E-state index is -1.00. The summed E-state index contributed by atoms with van der Waals surface area (Å²) in [5.74, 6) is -1.13. The molecule has 0 atom stereocenters. The number of nitrogens with one attached hydrogen (secondary N) is 1. The van der Waals surface area contributed by atoms with Gasteiger partial charge in [0.15, 0.2) is 0 Å². The number of amides is 1. The lowest BCUT2D eigenvalue weighted by Crippen LogP contribution is -2.39. The van der Waals surface area contributed by atoms with Gasteiger partial charge in [0, 0.05) is 12.0 Å². The summed E-state index contributed by atoms with van der Waals surface area (Å²) in [6.45, 7) is 0.602. The molecular formula is C21H23NO3. The standard InChI is InChI=1S/C21H23NO3/c23-19(14-16-8-4-5-11-18(16)20(24)25)22-15-21(12-6-7-13-21)17-9-2-1-3-10-17/h1-5,8-11H,6-7,12-15H2,(H,22,23)(H,24,25). The summed E-state index contributed by atoms with van der Waals surface area (Å²) in [5, 5.41) is 12.3. The predicted molar refractivity (Wildman–Crippen MR) is 96.7 cm³/mol. The smallest absolute Gasteiger partial charge is 0.335 e. The Bertz CT molecular complexity index is 749. The molecule has 2 aromatic rings. The third-order valence-corrected chi connectivity index (χ3v) is 5.17. The third-order valence-electron chi connectivity index (χ3n) is 5.17. The van der Waals surface area contributed by atoms with E-state index in [1.54, 1.807) is 18.2 Å². The number of hydrogen-bond acceptors (Lipinski definition) is 2. The molecule has 1 fully saturated rings. The highest BCUT2D eigenvalue weighted by molar-refractivity contribution is 5.91. The minimum absolute atomic E-state index is 0.00321. The molecular weight excluding hydrogens is 314 g/mol. The molecule has 0 radical (unpaired) electrons. The molecule has 0 aliphatic heterocycles. The van der Waals surface area contributed by atoms with Crippen LogP contribution in [0.4, 0.5) is 0 Å². The molecule has 0 saturated heterocycles. The van der Waals surface area contributed by atoms with Crippen LogP contribution in [0.3, 0.4) is 0 Å². The van der Waals surface area contributed by atoms with Gasteiger partial charge in [-0.25, -0.2) is 4.79 Å². The molecule has 1 aliphatic carbocycles. The molecule has 2 aromatic carbocycles. The second-order valence-electron chi connectivity index (χ2n) is 6.77. The molecule has 1 saturated carbocycles. The van der Waals surface area contributed by atoms with Crippen molar-refractivity contribution in [2.45, 2.75) is 37.5 Å². The van der Waals surface area contributed by atoms with Gasteiger partial charge in [-0.15, -0.1) is 0 Å². The van der Waals surface area contributed by atoms with E-state index in [9.17, 15) is 14.7 Å². The zero-order chi connectivity index (χ0) is 17.7. The lowest BCUT2D eigenvalue weighted by molar-refractivity contribution is -0.120. The number of carboxylic acids is 1. The van der Waals surface area contributed by atoms with Crippen molar-refractivity contribution in [2.24, 2.45) is 0 Å². The molecule has 1 aliphatic rings. The van der Waals surface area contributed by atoms with Gasteiger partial charge in [0.25, 0.3) is 0 Å². The highest BCUT2D eigenvalue weighted by Gasteiger charge is 2.35. The summed E-state index contributed by atoms with van der Waals surface area (Å²) in [4.78, 5) is 23.7. The van der Waals surface area contributed by atoms with Crippen molar-refractivity contribution in [3.05, 3.63) is 71.3 Å². The van der Waals surface area contributed by atoms with E-state index >= 15 is 0 Å². The summed E-state index contributed by atoms with van der Waals surface area (Å²) in [7, 11) is 0. The van der Waals surface area contributed by atoms with Crippen LogP contribution in [0.2, 0.25) is 0 Å². The molecule has 3 rings (SSSR count). The molecule has 0 heterocycles. The molecule has 2 N–H and O–H groups in total. The van der Waals surface area contributed by atoms with E-state index in [1.165, 1.54) is 24.5 Å². The lowest BCUT2D eigenvalue weighted by Gasteiger charge is -2.30. The van der Waals surface area contributed by atoms with Crippen molar-refractivity contribution >= 4 is 11.9 Å². The van der Waals surface area contributed by atoms with Crippen molar-refractivity contribution < 1.29 is 14.7 Å². The maximum absolute atomic E-state index is 12.4. The van der Waals surface area contributed by atoms with Gasteiger partial charge in [-0.3, -0.25) is 4.79 Å². The van der Waals surface area contributed by atoms with Crippen LogP contribution in [0.5, 0.6) is 0 Å². The Kier molecular flexibility index (Phi) is 5.17. The van der Waals surface area contributed by atoms with Gasteiger partial charge in [-0.2, -0.15) is 0 Å². The monoisotopic (exact) mass is 337 g/mol. The number of carbonyl (C=O) groups is 2. The van der Waals surface area contributed by atoms with Crippen LogP contribution >= 0.6 is 0 Å². The molecule has 130 valence electrons. The summed E-state index contributed by atoms with van der Waals surface area (Å²) in [5.41, 5.74) is 2.02. The quantitative estimate of drug-likeness (QED) is 0.847. The maximum atomic E-state index is 12.4. The first kappa shape index (κ1) is 17.2. The average molecular weight is 337 g/mol. The molecule has 25 heavy (non-hydrogen) atoms. The third kappa shape index (κ3) is 3.90. The number of aromatic carboxylic acids is 1. The fourth-order valence-electron chi connectivity index (χ4n) is 3.80. The van der Waals surface area contributed by atoms with Crippen LogP contribution in [-0.2, 0) is 16.6 Å².